The fourth-order valence-electron chi connectivity index (χ4n) is 1.93. The maximum atomic E-state index is 8.33. The third-order valence-electron chi connectivity index (χ3n) is 2.72. The zero-order valence-electron chi connectivity index (χ0n) is 9.82. The molecule has 2 rings (SSSR count). The molecule has 0 radical (unpaired) electrons. The van der Waals surface area contributed by atoms with E-state index in [2.05, 4.69) is 36.4 Å². The Balaban J connectivity index is 0.000000357. The van der Waals surface area contributed by atoms with Crippen molar-refractivity contribution in [2.24, 2.45) is 11.8 Å². The molecule has 2 atom stereocenters. The molecule has 5 heteroatoms. The van der Waals surface area contributed by atoms with Crippen molar-refractivity contribution in [1.29, 1.82) is 0 Å². The molecule has 0 fully saturated rings. The second-order valence-electron chi connectivity index (χ2n) is 3.94. The zero-order chi connectivity index (χ0) is 13.4. The number of hydrogen-bond donors (Lipinski definition) is 1. The van der Waals surface area contributed by atoms with E-state index >= 15 is 0 Å². The Morgan fingerprint density at radius 3 is 2.50 bits per heavy atom. The number of carbonyl (C=O) groups excluding carboxylic acids is 1. The summed E-state index contributed by atoms with van der Waals surface area (Å²) in [6.45, 7) is 0. The molecule has 5 nitrogen and oxygen atoms in total. The molecular formula is C13H15NO4-2. The topological polar surface area (TPSA) is 98.4 Å². The van der Waals surface area contributed by atoms with Gasteiger partial charge in [-0.1, -0.05) is 42.5 Å². The molecule has 0 heterocycles. The highest BCUT2D eigenvalue weighted by atomic mass is 16.6. The van der Waals surface area contributed by atoms with Crippen molar-refractivity contribution in [1.82, 2.24) is 0 Å². The van der Waals surface area contributed by atoms with Crippen LogP contribution in [-0.2, 0) is 11.3 Å². The van der Waals surface area contributed by atoms with Crippen LogP contribution in [0, 0.1) is 5.92 Å². The summed E-state index contributed by atoms with van der Waals surface area (Å²) in [5.74, 6) is 5.67. The Morgan fingerprint density at radius 1 is 1.33 bits per heavy atom. The van der Waals surface area contributed by atoms with Gasteiger partial charge in [0.2, 0.25) is 0 Å². The predicted octanol–water partition coefficient (Wildman–Crippen LogP) is -0.383. The summed E-state index contributed by atoms with van der Waals surface area (Å²) in [5.41, 5.74) is 1.34. The van der Waals surface area contributed by atoms with E-state index in [0.29, 0.717) is 5.92 Å². The fourth-order valence-corrected chi connectivity index (χ4v) is 1.93. The normalized spacial score (nSPS) is 21.2. The highest BCUT2D eigenvalue weighted by molar-refractivity contribution is 5.47. The van der Waals surface area contributed by atoms with E-state index in [4.69, 9.17) is 25.7 Å². The Labute approximate surface area is 105 Å². The van der Waals surface area contributed by atoms with Crippen molar-refractivity contribution in [2.75, 3.05) is 0 Å². The first-order valence-corrected chi connectivity index (χ1v) is 5.57. The molecule has 1 aliphatic rings. The van der Waals surface area contributed by atoms with Crippen molar-refractivity contribution in [3.8, 4) is 0 Å². The number of carboxylic acid groups (broad SMARTS) is 2. The molecule has 0 bridgehead atoms. The summed E-state index contributed by atoms with van der Waals surface area (Å²) in [6, 6.07) is 10.4. The van der Waals surface area contributed by atoms with Crippen molar-refractivity contribution in [3.05, 3.63) is 48.0 Å². The van der Waals surface area contributed by atoms with Gasteiger partial charge in [0.1, 0.15) is 0 Å². The first kappa shape index (κ1) is 14.2. The van der Waals surface area contributed by atoms with Gasteiger partial charge in [-0.2, -0.15) is 0 Å². The minimum atomic E-state index is -2.33. The van der Waals surface area contributed by atoms with E-state index in [1.807, 2.05) is 6.07 Å². The predicted molar refractivity (Wildman–Crippen MR) is 61.8 cm³/mol. The van der Waals surface area contributed by atoms with Gasteiger partial charge in [-0.05, 0) is 24.6 Å². The number of carbonyl (C=O) groups is 1. The third kappa shape index (κ3) is 4.99. The Morgan fingerprint density at radius 2 is 1.94 bits per heavy atom. The molecule has 0 aliphatic heterocycles. The van der Waals surface area contributed by atoms with Crippen LogP contribution >= 0.6 is 0 Å². The minimum Gasteiger partial charge on any atom is -0.652 e. The Bertz CT molecular complexity index is 387. The molecule has 2 unspecified atom stereocenters. The quantitative estimate of drug-likeness (QED) is 0.581. The van der Waals surface area contributed by atoms with Gasteiger partial charge in [0.25, 0.3) is 0 Å². The highest BCUT2D eigenvalue weighted by Crippen LogP contribution is 2.23. The van der Waals surface area contributed by atoms with Crippen molar-refractivity contribution >= 4 is 6.16 Å². The van der Waals surface area contributed by atoms with Crippen LogP contribution in [0.5, 0.6) is 0 Å². The molecule has 18 heavy (non-hydrogen) atoms. The molecule has 1 aromatic rings. The lowest BCUT2D eigenvalue weighted by molar-refractivity contribution is -0.415. The first-order chi connectivity index (χ1) is 8.63. The van der Waals surface area contributed by atoms with Crippen LogP contribution in [0.3, 0.4) is 0 Å². The summed E-state index contributed by atoms with van der Waals surface area (Å²) in [6.07, 6.45) is 4.12. The lowest BCUT2D eigenvalue weighted by Gasteiger charge is -2.16. The molecule has 0 aromatic heterocycles. The smallest absolute Gasteiger partial charge is 0.0887 e. The van der Waals surface area contributed by atoms with E-state index in [9.17, 15) is 0 Å². The maximum Gasteiger partial charge on any atom is 0.0887 e. The first-order valence-electron chi connectivity index (χ1n) is 5.57. The highest BCUT2D eigenvalue weighted by Gasteiger charge is 2.22. The number of rotatable bonds is 3. The monoisotopic (exact) mass is 249 g/mol. The summed E-state index contributed by atoms with van der Waals surface area (Å²) < 4.78 is 0. The minimum absolute atomic E-state index is 0.162. The maximum absolute atomic E-state index is 8.33. The summed E-state index contributed by atoms with van der Waals surface area (Å²) in [5, 5.41) is 16.7. The zero-order valence-corrected chi connectivity index (χ0v) is 9.82. The average molecular weight is 249 g/mol. The molecule has 0 spiro atoms. The fraction of sp³-hybridized carbons (Fsp3) is 0.308. The van der Waals surface area contributed by atoms with E-state index in [1.54, 1.807) is 0 Å². The van der Waals surface area contributed by atoms with Crippen LogP contribution in [0.25, 0.3) is 0 Å². The van der Waals surface area contributed by atoms with Crippen LogP contribution in [0.15, 0.2) is 42.5 Å². The molecule has 0 amide bonds. The summed E-state index contributed by atoms with van der Waals surface area (Å²) >= 11 is 0. The van der Waals surface area contributed by atoms with Gasteiger partial charge < -0.3 is 19.8 Å². The second-order valence-corrected chi connectivity index (χ2v) is 3.94. The molecule has 0 saturated carbocycles. The van der Waals surface area contributed by atoms with Gasteiger partial charge in [0.05, 0.1) is 6.10 Å². The van der Waals surface area contributed by atoms with Gasteiger partial charge in [0, 0.05) is 5.92 Å². The van der Waals surface area contributed by atoms with Gasteiger partial charge in [-0.15, -0.1) is 0 Å². The van der Waals surface area contributed by atoms with Crippen LogP contribution < -0.4 is 16.1 Å². The van der Waals surface area contributed by atoms with E-state index in [1.165, 1.54) is 5.56 Å². The number of nitrogens with two attached hydrogens (primary N) is 1. The van der Waals surface area contributed by atoms with Crippen LogP contribution in [0.2, 0.25) is 0 Å². The Hall–Kier alpha value is -1.85. The molecule has 1 aromatic carbocycles. The van der Waals surface area contributed by atoms with Gasteiger partial charge >= 0.3 is 0 Å². The molecule has 1 aliphatic carbocycles. The lowest BCUT2D eigenvalue weighted by Crippen LogP contribution is -2.37. The van der Waals surface area contributed by atoms with Gasteiger partial charge in [-0.25, -0.2) is 5.90 Å². The lowest BCUT2D eigenvalue weighted by atomic mass is 9.97. The van der Waals surface area contributed by atoms with Gasteiger partial charge in [-0.3, -0.25) is 0 Å². The molecular weight excluding hydrogens is 234 g/mol. The van der Waals surface area contributed by atoms with Crippen molar-refractivity contribution in [3.63, 3.8) is 0 Å². The molecule has 2 N–H and O–H groups in total. The third-order valence-corrected chi connectivity index (χ3v) is 2.72. The van der Waals surface area contributed by atoms with Crippen LogP contribution in [-0.4, -0.2) is 12.3 Å². The van der Waals surface area contributed by atoms with Crippen LogP contribution in [0.4, 0.5) is 4.79 Å². The van der Waals surface area contributed by atoms with Crippen molar-refractivity contribution in [2.45, 2.75) is 18.9 Å². The van der Waals surface area contributed by atoms with E-state index in [0.717, 1.165) is 12.8 Å². The van der Waals surface area contributed by atoms with Crippen LogP contribution in [0.1, 0.15) is 12.0 Å². The van der Waals surface area contributed by atoms with Gasteiger partial charge in [0.15, 0.2) is 0 Å². The average Bonchev–Trinajstić information content (AvgIpc) is 2.77. The largest absolute Gasteiger partial charge is 0.652 e. The SMILES string of the molecule is NOC1CC=CC1Cc1ccccc1.O=C([O-])[O-]. The molecule has 98 valence electrons. The summed E-state index contributed by atoms with van der Waals surface area (Å²) in [4.78, 5) is 13.3. The van der Waals surface area contributed by atoms with E-state index in [-0.39, 0.29) is 6.10 Å². The summed E-state index contributed by atoms with van der Waals surface area (Å²) in [7, 11) is 0. The van der Waals surface area contributed by atoms with Crippen molar-refractivity contribution < 1.29 is 19.8 Å². The molecule has 0 saturated heterocycles. The second kappa shape index (κ2) is 7.47. The number of benzene rings is 1. The standard InChI is InChI=1S/C12H15NO.CH2O3/c13-14-12-8-4-7-11(12)9-10-5-2-1-3-6-10;2-1(3)4/h1-7,11-12H,8-9,13H2;(H2,2,3,4)/p-2. The van der Waals surface area contributed by atoms with E-state index < -0.39 is 6.16 Å². The number of hydrogen-bond acceptors (Lipinski definition) is 5. The Kier molecular flexibility index (Phi) is 5.90.